The van der Waals surface area contributed by atoms with Gasteiger partial charge in [-0.05, 0) is 19.3 Å². The van der Waals surface area contributed by atoms with Crippen molar-refractivity contribution in [3.63, 3.8) is 0 Å². The van der Waals surface area contributed by atoms with Crippen LogP contribution in [0.25, 0.3) is 10.8 Å². The fraction of sp³-hybridized carbons (Fsp3) is 0.600. The molecular weight excluding hydrogens is 357 g/mol. The highest BCUT2D eigenvalue weighted by molar-refractivity contribution is 7.12. The number of halogens is 3. The molecule has 10 heteroatoms. The lowest BCUT2D eigenvalue weighted by Crippen LogP contribution is -2.38. The van der Waals surface area contributed by atoms with E-state index in [1.54, 1.807) is 11.1 Å². The number of carbonyl (C=O) groups excluding carboxylic acids is 1. The summed E-state index contributed by atoms with van der Waals surface area (Å²) in [5.41, 5.74) is 0. The van der Waals surface area contributed by atoms with Crippen LogP contribution in [0.1, 0.15) is 43.9 Å². The molecule has 0 bridgehead atoms. The van der Waals surface area contributed by atoms with Crippen LogP contribution in [-0.4, -0.2) is 45.2 Å². The van der Waals surface area contributed by atoms with E-state index in [0.717, 1.165) is 0 Å². The van der Waals surface area contributed by atoms with E-state index in [2.05, 4.69) is 15.1 Å². The first-order valence-corrected chi connectivity index (χ1v) is 8.88. The molecule has 3 rings (SSSR count). The minimum Gasteiger partial charge on any atom is -0.343 e. The topological polar surface area (TPSA) is 72.1 Å². The number of rotatable bonds is 5. The number of aromatic nitrogens is 3. The first-order valence-electron chi connectivity index (χ1n) is 8.00. The molecule has 136 valence electrons. The average Bonchev–Trinajstić information content (AvgIpc) is 3.25. The number of likely N-dealkylation sites (tertiary alicyclic amines) is 1. The SMILES string of the molecule is O=C(CCCC(F)(F)F)N1CCC(c2nc(-c3nccs3)no2)CC1. The van der Waals surface area contributed by atoms with Crippen LogP contribution in [0.2, 0.25) is 0 Å². The standard InChI is InChI=1S/C15H17F3N4O2S/c16-15(17,18)5-1-2-11(23)22-7-3-10(4-8-22)13-20-12(21-24-13)14-19-6-9-25-14/h6,9-10H,1-5,7-8H2. The van der Waals surface area contributed by atoms with Gasteiger partial charge in [-0.3, -0.25) is 4.79 Å². The number of carbonyl (C=O) groups is 1. The third-order valence-electron chi connectivity index (χ3n) is 4.11. The van der Waals surface area contributed by atoms with Gasteiger partial charge < -0.3 is 9.42 Å². The number of hydrogen-bond donors (Lipinski definition) is 0. The Morgan fingerprint density at radius 3 is 2.76 bits per heavy atom. The van der Waals surface area contributed by atoms with Gasteiger partial charge in [0, 0.05) is 43.4 Å². The van der Waals surface area contributed by atoms with Gasteiger partial charge in [0.1, 0.15) is 0 Å². The van der Waals surface area contributed by atoms with Crippen LogP contribution < -0.4 is 0 Å². The van der Waals surface area contributed by atoms with Crippen molar-refractivity contribution < 1.29 is 22.5 Å². The number of amides is 1. The zero-order valence-corrected chi connectivity index (χ0v) is 14.1. The first-order chi connectivity index (χ1) is 11.9. The van der Waals surface area contributed by atoms with Gasteiger partial charge in [-0.15, -0.1) is 11.3 Å². The summed E-state index contributed by atoms with van der Waals surface area (Å²) in [7, 11) is 0. The average molecular weight is 374 g/mol. The van der Waals surface area contributed by atoms with Crippen LogP contribution in [-0.2, 0) is 4.79 Å². The number of hydrogen-bond acceptors (Lipinski definition) is 6. The molecule has 2 aromatic heterocycles. The summed E-state index contributed by atoms with van der Waals surface area (Å²) in [6, 6.07) is 0. The van der Waals surface area contributed by atoms with Crippen LogP contribution in [0.15, 0.2) is 16.1 Å². The Balaban J connectivity index is 1.48. The van der Waals surface area contributed by atoms with Gasteiger partial charge in [-0.25, -0.2) is 4.98 Å². The minimum atomic E-state index is -4.21. The molecule has 1 amide bonds. The van der Waals surface area contributed by atoms with Crippen LogP contribution in [0.5, 0.6) is 0 Å². The smallest absolute Gasteiger partial charge is 0.343 e. The molecule has 25 heavy (non-hydrogen) atoms. The molecule has 3 heterocycles. The number of thiazole rings is 1. The predicted molar refractivity (Wildman–Crippen MR) is 83.9 cm³/mol. The highest BCUT2D eigenvalue weighted by atomic mass is 32.1. The van der Waals surface area contributed by atoms with Crippen molar-refractivity contribution in [1.82, 2.24) is 20.0 Å². The maximum Gasteiger partial charge on any atom is 0.389 e. The Labute approximate surface area is 146 Å². The third-order valence-corrected chi connectivity index (χ3v) is 4.88. The summed E-state index contributed by atoms with van der Waals surface area (Å²) in [5, 5.41) is 6.44. The molecule has 0 atom stereocenters. The maximum absolute atomic E-state index is 12.1. The summed E-state index contributed by atoms with van der Waals surface area (Å²) in [4.78, 5) is 22.1. The molecule has 1 aliphatic rings. The van der Waals surface area contributed by atoms with Crippen LogP contribution in [0, 0.1) is 0 Å². The molecule has 6 nitrogen and oxygen atoms in total. The van der Waals surface area contributed by atoms with Gasteiger partial charge in [0.2, 0.25) is 17.6 Å². The van der Waals surface area contributed by atoms with E-state index in [9.17, 15) is 18.0 Å². The molecule has 0 saturated carbocycles. The van der Waals surface area contributed by atoms with Gasteiger partial charge in [-0.2, -0.15) is 18.2 Å². The van der Waals surface area contributed by atoms with E-state index >= 15 is 0 Å². The van der Waals surface area contributed by atoms with Crippen molar-refractivity contribution in [1.29, 1.82) is 0 Å². The molecular formula is C15H17F3N4O2S. The van der Waals surface area contributed by atoms with E-state index in [4.69, 9.17) is 4.52 Å². The van der Waals surface area contributed by atoms with Crippen LogP contribution in [0.4, 0.5) is 13.2 Å². The second-order valence-electron chi connectivity index (χ2n) is 5.92. The fourth-order valence-electron chi connectivity index (χ4n) is 2.80. The highest BCUT2D eigenvalue weighted by Gasteiger charge is 2.30. The van der Waals surface area contributed by atoms with Crippen molar-refractivity contribution in [2.24, 2.45) is 0 Å². The van der Waals surface area contributed by atoms with Crippen LogP contribution in [0.3, 0.4) is 0 Å². The minimum absolute atomic E-state index is 0.0560. The maximum atomic E-state index is 12.1. The summed E-state index contributed by atoms with van der Waals surface area (Å²) >= 11 is 1.42. The monoisotopic (exact) mass is 374 g/mol. The fourth-order valence-corrected chi connectivity index (χ4v) is 3.36. The van der Waals surface area contributed by atoms with Gasteiger partial charge in [0.05, 0.1) is 0 Å². The van der Waals surface area contributed by atoms with Crippen molar-refractivity contribution in [3.8, 4) is 10.8 Å². The lowest BCUT2D eigenvalue weighted by atomic mass is 9.96. The molecule has 0 aliphatic carbocycles. The molecule has 0 spiro atoms. The first kappa shape index (κ1) is 17.8. The number of alkyl halides is 3. The van der Waals surface area contributed by atoms with Crippen molar-refractivity contribution in [2.45, 2.75) is 44.2 Å². The Morgan fingerprint density at radius 2 is 2.12 bits per heavy atom. The van der Waals surface area contributed by atoms with Gasteiger partial charge in [-0.1, -0.05) is 5.16 Å². The molecule has 1 fully saturated rings. The Hall–Kier alpha value is -1.97. The second-order valence-corrected chi connectivity index (χ2v) is 6.81. The van der Waals surface area contributed by atoms with Crippen molar-refractivity contribution >= 4 is 17.2 Å². The van der Waals surface area contributed by atoms with Crippen molar-refractivity contribution in [3.05, 3.63) is 17.5 Å². The van der Waals surface area contributed by atoms with E-state index < -0.39 is 12.6 Å². The van der Waals surface area contributed by atoms with E-state index in [0.29, 0.717) is 42.7 Å². The quantitative estimate of drug-likeness (QED) is 0.799. The Bertz CT molecular complexity index is 694. The number of nitrogens with zero attached hydrogens (tertiary/aromatic N) is 4. The van der Waals surface area contributed by atoms with Gasteiger partial charge in [0.15, 0.2) is 5.01 Å². The molecule has 0 aromatic carbocycles. The molecule has 0 radical (unpaired) electrons. The molecule has 1 aliphatic heterocycles. The predicted octanol–water partition coefficient (Wildman–Crippen LogP) is 3.63. The largest absolute Gasteiger partial charge is 0.389 e. The highest BCUT2D eigenvalue weighted by Crippen LogP contribution is 2.29. The van der Waals surface area contributed by atoms with E-state index in [1.165, 1.54) is 11.3 Å². The third kappa shape index (κ3) is 4.77. The Kier molecular flexibility index (Phi) is 5.36. The molecule has 0 unspecified atom stereocenters. The second kappa shape index (κ2) is 7.51. The Morgan fingerprint density at radius 1 is 1.36 bits per heavy atom. The summed E-state index contributed by atoms with van der Waals surface area (Å²) in [5.74, 6) is 0.808. The zero-order valence-electron chi connectivity index (χ0n) is 13.3. The molecule has 0 N–H and O–H groups in total. The van der Waals surface area contributed by atoms with Gasteiger partial charge >= 0.3 is 6.18 Å². The normalized spacial score (nSPS) is 16.4. The van der Waals surface area contributed by atoms with E-state index in [-0.39, 0.29) is 24.7 Å². The summed E-state index contributed by atoms with van der Waals surface area (Å²) in [6.45, 7) is 0.981. The molecule has 1 saturated heterocycles. The lowest BCUT2D eigenvalue weighted by molar-refractivity contribution is -0.140. The van der Waals surface area contributed by atoms with Gasteiger partial charge in [0.25, 0.3) is 0 Å². The summed E-state index contributed by atoms with van der Waals surface area (Å²) in [6.07, 6.45) is -2.38. The summed E-state index contributed by atoms with van der Waals surface area (Å²) < 4.78 is 41.7. The lowest BCUT2D eigenvalue weighted by Gasteiger charge is -2.30. The van der Waals surface area contributed by atoms with Crippen molar-refractivity contribution in [2.75, 3.05) is 13.1 Å². The van der Waals surface area contributed by atoms with Crippen LogP contribution >= 0.6 is 11.3 Å². The number of piperidine rings is 1. The zero-order chi connectivity index (χ0) is 17.9. The van der Waals surface area contributed by atoms with E-state index in [1.807, 2.05) is 5.38 Å². The molecule has 2 aromatic rings.